The minimum absolute atomic E-state index is 0.0688. The molecule has 1 fully saturated rings. The molecular formula is C22H20N4O4. The molecule has 8 heteroatoms. The molecule has 1 amide bonds. The molecule has 3 aliphatic rings. The summed E-state index contributed by atoms with van der Waals surface area (Å²) in [6, 6.07) is 10.7. The average Bonchev–Trinajstić information content (AvgIpc) is 3.32. The number of nitriles is 1. The molecule has 1 aromatic carbocycles. The van der Waals surface area contributed by atoms with Gasteiger partial charge in [0.1, 0.15) is 17.4 Å². The second kappa shape index (κ2) is 6.47. The van der Waals surface area contributed by atoms with Gasteiger partial charge in [0.15, 0.2) is 5.41 Å². The van der Waals surface area contributed by atoms with Gasteiger partial charge < -0.3 is 25.1 Å². The Morgan fingerprint density at radius 2 is 2.17 bits per heavy atom. The lowest BCUT2D eigenvalue weighted by Crippen LogP contribution is -2.48. The molecule has 1 aromatic heterocycles. The van der Waals surface area contributed by atoms with Crippen molar-refractivity contribution in [2.45, 2.75) is 37.8 Å². The van der Waals surface area contributed by atoms with Crippen LogP contribution in [0.2, 0.25) is 0 Å². The van der Waals surface area contributed by atoms with Crippen molar-refractivity contribution in [1.82, 2.24) is 4.57 Å². The first-order valence-electron chi connectivity index (χ1n) is 9.84. The summed E-state index contributed by atoms with van der Waals surface area (Å²) in [5.74, 6) is -0.464. The van der Waals surface area contributed by atoms with Gasteiger partial charge in [-0.1, -0.05) is 18.2 Å². The third-order valence-electron chi connectivity index (χ3n) is 6.13. The van der Waals surface area contributed by atoms with Gasteiger partial charge in [0.05, 0.1) is 18.2 Å². The van der Waals surface area contributed by atoms with Crippen molar-refractivity contribution >= 4 is 11.6 Å². The van der Waals surface area contributed by atoms with Crippen molar-refractivity contribution in [1.29, 1.82) is 5.26 Å². The molecule has 0 saturated carbocycles. The number of ether oxygens (including phenoxy) is 2. The molecule has 5 rings (SSSR count). The van der Waals surface area contributed by atoms with Crippen molar-refractivity contribution in [3.63, 3.8) is 0 Å². The molecule has 2 atom stereocenters. The third-order valence-corrected chi connectivity index (χ3v) is 6.13. The van der Waals surface area contributed by atoms with E-state index in [1.165, 1.54) is 0 Å². The second-order valence-corrected chi connectivity index (χ2v) is 7.78. The van der Waals surface area contributed by atoms with Gasteiger partial charge in [0.2, 0.25) is 11.8 Å². The maximum Gasteiger partial charge on any atom is 0.259 e. The predicted molar refractivity (Wildman–Crippen MR) is 108 cm³/mol. The second-order valence-electron chi connectivity index (χ2n) is 7.78. The Hall–Kier alpha value is -3.57. The fraction of sp³-hybridized carbons (Fsp3) is 0.318. The van der Waals surface area contributed by atoms with Gasteiger partial charge in [-0.15, -0.1) is 0 Å². The number of nitrogens with zero attached hydrogens (tertiary/aromatic N) is 2. The average molecular weight is 404 g/mol. The number of para-hydroxylation sites is 1. The summed E-state index contributed by atoms with van der Waals surface area (Å²) in [4.78, 5) is 27.2. The number of nitrogens with two attached hydrogens (primary N) is 1. The monoisotopic (exact) mass is 404 g/mol. The quantitative estimate of drug-likeness (QED) is 0.786. The van der Waals surface area contributed by atoms with Gasteiger partial charge in [-0.3, -0.25) is 9.59 Å². The van der Waals surface area contributed by atoms with E-state index in [4.69, 9.17) is 15.2 Å². The van der Waals surface area contributed by atoms with Crippen molar-refractivity contribution in [2.24, 2.45) is 5.73 Å². The molecule has 8 nitrogen and oxygen atoms in total. The third kappa shape index (κ3) is 2.30. The number of carbonyl (C=O) groups excluding carboxylic acids is 1. The molecule has 152 valence electrons. The van der Waals surface area contributed by atoms with E-state index in [1.807, 2.05) is 6.07 Å². The van der Waals surface area contributed by atoms with Crippen LogP contribution >= 0.6 is 0 Å². The highest BCUT2D eigenvalue weighted by Crippen LogP contribution is 2.51. The summed E-state index contributed by atoms with van der Waals surface area (Å²) in [6.45, 7) is 2.84. The van der Waals surface area contributed by atoms with E-state index in [0.29, 0.717) is 30.1 Å². The van der Waals surface area contributed by atoms with E-state index in [1.54, 1.807) is 41.8 Å². The Balaban J connectivity index is 1.83. The number of fused-ring (bicyclic) bond motifs is 4. The zero-order valence-corrected chi connectivity index (χ0v) is 16.4. The maximum atomic E-state index is 13.8. The number of hydrogen-bond acceptors (Lipinski definition) is 6. The summed E-state index contributed by atoms with van der Waals surface area (Å²) in [6.07, 6.45) is 1.74. The largest absolute Gasteiger partial charge is 0.440 e. The first-order valence-corrected chi connectivity index (χ1v) is 9.84. The summed E-state index contributed by atoms with van der Waals surface area (Å²) in [7, 11) is 0. The first-order chi connectivity index (χ1) is 14.5. The SMILES string of the molecule is Cc1cc2c(c(=O)n1CC1CCCO1)[C@]1(C(=O)Nc3ccccc31)C(C#N)=C(N)O2. The number of amides is 1. The van der Waals surface area contributed by atoms with E-state index in [9.17, 15) is 14.9 Å². The first kappa shape index (κ1) is 18.5. The molecule has 3 N–H and O–H groups in total. The highest BCUT2D eigenvalue weighted by molar-refractivity contribution is 6.12. The molecule has 2 aromatic rings. The van der Waals surface area contributed by atoms with Crippen molar-refractivity contribution < 1.29 is 14.3 Å². The van der Waals surface area contributed by atoms with E-state index in [2.05, 4.69) is 5.32 Å². The molecule has 1 unspecified atom stereocenters. The Morgan fingerprint density at radius 1 is 1.37 bits per heavy atom. The van der Waals surface area contributed by atoms with Crippen LogP contribution in [0.4, 0.5) is 5.69 Å². The molecule has 3 aliphatic heterocycles. The van der Waals surface area contributed by atoms with E-state index >= 15 is 0 Å². The zero-order chi connectivity index (χ0) is 21.0. The van der Waals surface area contributed by atoms with E-state index < -0.39 is 11.3 Å². The molecule has 0 aliphatic carbocycles. The lowest BCUT2D eigenvalue weighted by Gasteiger charge is -2.34. The smallest absolute Gasteiger partial charge is 0.259 e. The number of aromatic nitrogens is 1. The van der Waals surface area contributed by atoms with Gasteiger partial charge in [-0.05, 0) is 25.8 Å². The number of pyridine rings is 1. The number of aryl methyl sites for hydroxylation is 1. The molecule has 1 spiro atoms. The van der Waals surface area contributed by atoms with Gasteiger partial charge in [0, 0.05) is 29.6 Å². The standard InChI is InChI=1S/C22H20N4O4/c1-12-9-17-18(20(27)26(12)11-13-5-4-8-29-13)22(15(10-23)19(24)30-17)14-6-2-3-7-16(14)25-21(22)28/h2-3,6-7,9,13H,4-5,8,11,24H2,1H3,(H,25,28)/t13?,22-/m1/s1. The van der Waals surface area contributed by atoms with E-state index in [-0.39, 0.29) is 34.4 Å². The fourth-order valence-corrected chi connectivity index (χ4v) is 4.76. The molecule has 0 radical (unpaired) electrons. The van der Waals surface area contributed by atoms with E-state index in [0.717, 1.165) is 12.8 Å². The van der Waals surface area contributed by atoms with Crippen LogP contribution in [0.1, 0.15) is 29.7 Å². The highest BCUT2D eigenvalue weighted by atomic mass is 16.5. The van der Waals surface area contributed by atoms with Crippen LogP contribution in [-0.4, -0.2) is 23.2 Å². The van der Waals surface area contributed by atoms with Crippen LogP contribution < -0.4 is 21.3 Å². The van der Waals surface area contributed by atoms with Crippen molar-refractivity contribution in [2.75, 3.05) is 11.9 Å². The van der Waals surface area contributed by atoms with Crippen LogP contribution in [0.5, 0.6) is 5.75 Å². The van der Waals surface area contributed by atoms with Gasteiger partial charge in [-0.25, -0.2) is 0 Å². The molecule has 4 heterocycles. The number of anilines is 1. The van der Waals surface area contributed by atoms with Crippen LogP contribution in [0.3, 0.4) is 0 Å². The van der Waals surface area contributed by atoms with Gasteiger partial charge in [-0.2, -0.15) is 5.26 Å². The highest BCUT2D eigenvalue weighted by Gasteiger charge is 2.58. The lowest BCUT2D eigenvalue weighted by molar-refractivity contribution is -0.118. The molecule has 0 bridgehead atoms. The van der Waals surface area contributed by atoms with Crippen LogP contribution in [0.15, 0.2) is 46.6 Å². The Morgan fingerprint density at radius 3 is 2.90 bits per heavy atom. The minimum Gasteiger partial charge on any atom is -0.440 e. The van der Waals surface area contributed by atoms with Crippen LogP contribution in [0, 0.1) is 18.3 Å². The van der Waals surface area contributed by atoms with Crippen molar-refractivity contribution in [3.05, 3.63) is 69.0 Å². The number of carbonyl (C=O) groups is 1. The zero-order valence-electron chi connectivity index (χ0n) is 16.4. The summed E-state index contributed by atoms with van der Waals surface area (Å²) >= 11 is 0. The maximum absolute atomic E-state index is 13.8. The molecule has 1 saturated heterocycles. The molecule has 30 heavy (non-hydrogen) atoms. The number of benzene rings is 1. The summed E-state index contributed by atoms with van der Waals surface area (Å²) in [5, 5.41) is 12.7. The minimum atomic E-state index is -1.65. The Labute approximate surface area is 172 Å². The Bertz CT molecular complexity index is 1220. The van der Waals surface area contributed by atoms with Gasteiger partial charge >= 0.3 is 0 Å². The summed E-state index contributed by atoms with van der Waals surface area (Å²) < 4.78 is 13.0. The summed E-state index contributed by atoms with van der Waals surface area (Å²) in [5.41, 5.74) is 5.81. The van der Waals surface area contributed by atoms with Crippen LogP contribution in [-0.2, 0) is 21.5 Å². The Kier molecular flexibility index (Phi) is 3.98. The predicted octanol–water partition coefficient (Wildman–Crippen LogP) is 1.66. The normalized spacial score (nSPS) is 24.3. The fourth-order valence-electron chi connectivity index (χ4n) is 4.76. The number of rotatable bonds is 2. The lowest BCUT2D eigenvalue weighted by atomic mass is 9.69. The number of nitrogens with one attached hydrogen (secondary N) is 1. The van der Waals surface area contributed by atoms with Crippen molar-refractivity contribution in [3.8, 4) is 11.8 Å². The topological polar surface area (TPSA) is 119 Å². The number of hydrogen-bond donors (Lipinski definition) is 2. The molecular weight excluding hydrogens is 384 g/mol. The van der Waals surface area contributed by atoms with Gasteiger partial charge in [0.25, 0.3) is 5.56 Å². The van der Waals surface area contributed by atoms with Crippen LogP contribution in [0.25, 0.3) is 0 Å².